The van der Waals surface area contributed by atoms with E-state index in [0.717, 1.165) is 21.8 Å². The third-order valence-corrected chi connectivity index (χ3v) is 8.53. The summed E-state index contributed by atoms with van der Waals surface area (Å²) in [5.41, 5.74) is 0. The van der Waals surface area contributed by atoms with Crippen LogP contribution in [-0.2, 0) is 0 Å². The molecule has 0 aliphatic carbocycles. The fourth-order valence-corrected chi connectivity index (χ4v) is 7.31. The van der Waals surface area contributed by atoms with Crippen molar-refractivity contribution in [3.05, 3.63) is 0 Å². The molecule has 10 heavy (non-hydrogen) atoms. The van der Waals surface area contributed by atoms with E-state index < -0.39 is 30.2 Å². The molecule has 1 saturated heterocycles. The van der Waals surface area contributed by atoms with Gasteiger partial charge in [0.25, 0.3) is 0 Å². The van der Waals surface area contributed by atoms with Crippen molar-refractivity contribution in [1.29, 1.82) is 0 Å². The Morgan fingerprint density at radius 2 is 1.60 bits per heavy atom. The van der Waals surface area contributed by atoms with E-state index in [0.29, 0.717) is 0 Å². The first-order valence-corrected chi connectivity index (χ1v) is 8.23. The van der Waals surface area contributed by atoms with Crippen molar-refractivity contribution in [1.82, 2.24) is 0 Å². The second-order valence-electron chi connectivity index (χ2n) is 2.49. The van der Waals surface area contributed by atoms with E-state index >= 15 is 0 Å². The molecule has 0 unspecified atom stereocenters. The molecule has 0 aromatic carbocycles. The summed E-state index contributed by atoms with van der Waals surface area (Å²) in [5.74, 6) is 0. The molecule has 0 bridgehead atoms. The molecule has 1 heterocycles. The monoisotopic (exact) mass is 269 g/mol. The van der Waals surface area contributed by atoms with Gasteiger partial charge >= 0.3 is 65.1 Å². The molecule has 4 heteroatoms. The topological polar surface area (TPSA) is 0 Å². The summed E-state index contributed by atoms with van der Waals surface area (Å²) in [6.45, 7) is 0. The van der Waals surface area contributed by atoms with Crippen molar-refractivity contribution in [3.63, 3.8) is 0 Å². The number of alkyl halides is 3. The van der Waals surface area contributed by atoms with E-state index in [-0.39, 0.29) is 0 Å². The van der Waals surface area contributed by atoms with Gasteiger partial charge in [0.2, 0.25) is 0 Å². The van der Waals surface area contributed by atoms with Crippen LogP contribution >= 0.6 is 0 Å². The van der Waals surface area contributed by atoms with Gasteiger partial charge in [-0.25, -0.2) is 0 Å². The molecule has 0 saturated carbocycles. The number of hydrogen-bond acceptors (Lipinski definition) is 0. The Labute approximate surface area is 65.4 Å². The minimum absolute atomic E-state index is 0.392. The van der Waals surface area contributed by atoms with Gasteiger partial charge in [-0.1, -0.05) is 0 Å². The Morgan fingerprint density at radius 1 is 1.10 bits per heavy atom. The summed E-state index contributed by atoms with van der Waals surface area (Å²) < 4.78 is 36.8. The van der Waals surface area contributed by atoms with Crippen molar-refractivity contribution >= 4 is 19.6 Å². The van der Waals surface area contributed by atoms with Crippen LogP contribution in [0.15, 0.2) is 0 Å². The van der Waals surface area contributed by atoms with Gasteiger partial charge in [-0.15, -0.1) is 0 Å². The molecule has 1 fully saturated rings. The molecule has 1 aliphatic rings. The summed E-state index contributed by atoms with van der Waals surface area (Å²) in [4.78, 5) is 0. The molecule has 0 N–H and O–H groups in total. The second-order valence-corrected chi connectivity index (χ2v) is 9.14. The molecule has 0 nitrogen and oxygen atoms in total. The van der Waals surface area contributed by atoms with Crippen molar-refractivity contribution in [2.75, 3.05) is 0 Å². The molecular weight excluding hydrogens is 257 g/mol. The van der Waals surface area contributed by atoms with E-state index in [9.17, 15) is 13.2 Å². The van der Waals surface area contributed by atoms with Crippen LogP contribution in [0.5, 0.6) is 0 Å². The van der Waals surface area contributed by atoms with Crippen LogP contribution in [0, 0.1) is 0 Å². The quantitative estimate of drug-likeness (QED) is 0.641. The summed E-state index contributed by atoms with van der Waals surface area (Å²) in [6, 6.07) is 0. The van der Waals surface area contributed by atoms with Crippen molar-refractivity contribution in [2.45, 2.75) is 32.4 Å². The molecule has 60 valence electrons. The third-order valence-electron chi connectivity index (χ3n) is 1.48. The Hall–Kier alpha value is 0.580. The Bertz CT molecular complexity index is 104. The summed E-state index contributed by atoms with van der Waals surface area (Å²) in [6.07, 6.45) is -1.74. The zero-order valence-corrected chi connectivity index (χ0v) is 7.91. The zero-order chi connectivity index (χ0) is 7.61. The van der Waals surface area contributed by atoms with E-state index in [2.05, 4.69) is 0 Å². The second kappa shape index (κ2) is 3.32. The van der Waals surface area contributed by atoms with Crippen molar-refractivity contribution in [2.24, 2.45) is 0 Å². The van der Waals surface area contributed by atoms with Crippen molar-refractivity contribution < 1.29 is 13.2 Å². The Morgan fingerprint density at radius 3 is 2.00 bits per heavy atom. The van der Waals surface area contributed by atoms with Crippen LogP contribution < -0.4 is 0 Å². The molecule has 0 aromatic heterocycles. The average Bonchev–Trinajstić information content (AvgIpc) is 2.12. The summed E-state index contributed by atoms with van der Waals surface area (Å²) in [7, 11) is 0. The van der Waals surface area contributed by atoms with Crippen LogP contribution in [0.3, 0.4) is 0 Å². The molecule has 1 aliphatic heterocycles. The van der Waals surface area contributed by atoms with Crippen LogP contribution in [0.25, 0.3) is 0 Å². The molecule has 0 amide bonds. The molecule has 0 spiro atoms. The van der Waals surface area contributed by atoms with E-state index in [1.165, 1.54) is 0 Å². The minimum atomic E-state index is -3.86. The van der Waals surface area contributed by atoms with Crippen LogP contribution in [-0.4, -0.2) is 25.7 Å². The molecule has 0 atom stereocenters. The third kappa shape index (κ3) is 3.11. The summed E-state index contributed by atoms with van der Waals surface area (Å²) in [5, 5.41) is 0. The van der Waals surface area contributed by atoms with Gasteiger partial charge in [0.1, 0.15) is 0 Å². The normalized spacial score (nSPS) is 21.9. The van der Waals surface area contributed by atoms with Gasteiger partial charge in [-0.3, -0.25) is 0 Å². The Kier molecular flexibility index (Phi) is 2.88. The van der Waals surface area contributed by atoms with Crippen molar-refractivity contribution in [3.8, 4) is 0 Å². The number of halogens is 3. The van der Waals surface area contributed by atoms with Crippen LogP contribution in [0.1, 0.15) is 12.8 Å². The van der Waals surface area contributed by atoms with Crippen LogP contribution in [0.2, 0.25) is 13.4 Å². The SMILES string of the molecule is FC(F)(F)C[Te+]1CCCC1. The van der Waals surface area contributed by atoms with Gasteiger partial charge < -0.3 is 0 Å². The summed E-state index contributed by atoms with van der Waals surface area (Å²) >= 11 is -1.61. The van der Waals surface area contributed by atoms with E-state index in [4.69, 9.17) is 0 Å². The van der Waals surface area contributed by atoms with Gasteiger partial charge in [-0.05, 0) is 0 Å². The van der Waals surface area contributed by atoms with E-state index in [1.54, 1.807) is 0 Å². The van der Waals surface area contributed by atoms with Gasteiger partial charge in [0.05, 0.1) is 0 Å². The standard InChI is InChI=1S/C6H10F3Te/c7-6(8,9)5-10-3-1-2-4-10/h1-5H2/q+1. The fraction of sp³-hybridized carbons (Fsp3) is 1.00. The zero-order valence-electron chi connectivity index (χ0n) is 5.58. The predicted octanol–water partition coefficient (Wildman–Crippen LogP) is 2.84. The first-order valence-electron chi connectivity index (χ1n) is 3.29. The van der Waals surface area contributed by atoms with Gasteiger partial charge in [0, 0.05) is 0 Å². The van der Waals surface area contributed by atoms with Crippen LogP contribution in [0.4, 0.5) is 13.2 Å². The van der Waals surface area contributed by atoms with Gasteiger partial charge in [0.15, 0.2) is 0 Å². The maximum atomic E-state index is 11.8. The average molecular weight is 267 g/mol. The first kappa shape index (κ1) is 8.67. The fourth-order valence-electron chi connectivity index (χ4n) is 1.09. The Balaban J connectivity index is 2.24. The first-order chi connectivity index (χ1) is 4.58. The van der Waals surface area contributed by atoms with E-state index in [1.807, 2.05) is 0 Å². The number of hydrogen-bond donors (Lipinski definition) is 0. The molecule has 1 rings (SSSR count). The van der Waals surface area contributed by atoms with Gasteiger partial charge in [-0.2, -0.15) is 0 Å². The molecular formula is C6H10F3Te+. The maximum absolute atomic E-state index is 11.8. The predicted molar refractivity (Wildman–Crippen MR) is 35.5 cm³/mol. The molecule has 0 aromatic rings. The molecule has 0 radical (unpaired) electrons. The number of rotatable bonds is 1.